The number of allylic oxidation sites excluding steroid dienone is 4. The van der Waals surface area contributed by atoms with Gasteiger partial charge in [0.1, 0.15) is 0 Å². The van der Waals surface area contributed by atoms with Gasteiger partial charge in [-0.25, -0.2) is 0 Å². The Kier molecular flexibility index (Phi) is 16.8. The molecule has 9 heteroatoms. The van der Waals surface area contributed by atoms with Gasteiger partial charge in [-0.2, -0.15) is 0 Å². The summed E-state index contributed by atoms with van der Waals surface area (Å²) in [6, 6.07) is 17.4. The van der Waals surface area contributed by atoms with Crippen LogP contribution in [-0.2, 0) is 40.9 Å². The minimum Gasteiger partial charge on any atom is -0.872 e. The standard InChI is InChI=1S/2C20H29O2.2C10H10O2.Ti/c2*1-18-9-6-14(21)12-13(18)4-5-15-16(18)7-10-19(2)17(15)8-11-20(19,3)22;2*1-8(11)7-10(12)9-5-3-2-4-6-9;/h2*12,15-17H,4-11H2,1-3H3;2*2-7,12H,1H3;/q2*-1;;;/p-2/b;;2*10-7-;/t2*15-,16?,17?,18+,19+,20+;;;/m11.../s1. The monoisotopic (exact) mass is 973 g/mol. The molecule has 0 N–H and O–H groups in total. The minimum atomic E-state index is -0.734. The van der Waals surface area contributed by atoms with Gasteiger partial charge in [-0.1, -0.05) is 151 Å². The zero-order chi connectivity index (χ0) is 49.5. The number of hydrogen-bond donors (Lipinski definition) is 0. The summed E-state index contributed by atoms with van der Waals surface area (Å²) in [6.07, 6.45) is 22.8. The van der Waals surface area contributed by atoms with Crippen LogP contribution in [0.3, 0.4) is 0 Å². The van der Waals surface area contributed by atoms with Crippen LogP contribution < -0.4 is 20.4 Å². The third-order valence-corrected chi connectivity index (χ3v) is 19.8. The zero-order valence-corrected chi connectivity index (χ0v) is 44.2. The molecule has 8 nitrogen and oxygen atoms in total. The predicted octanol–water partition coefficient (Wildman–Crippen LogP) is 9.23. The average molecular weight is 973 g/mol. The maximum atomic E-state index is 13.0. The summed E-state index contributed by atoms with van der Waals surface area (Å²) in [5.74, 6) is 3.82. The first-order valence-electron chi connectivity index (χ1n) is 25.7. The van der Waals surface area contributed by atoms with E-state index in [1.165, 1.54) is 50.7 Å². The first-order valence-corrected chi connectivity index (χ1v) is 25.7. The molecule has 4 unspecified atom stereocenters. The van der Waals surface area contributed by atoms with E-state index in [0.717, 1.165) is 89.2 Å². The Morgan fingerprint density at radius 1 is 0.493 bits per heavy atom. The van der Waals surface area contributed by atoms with Crippen molar-refractivity contribution in [3.05, 3.63) is 107 Å². The summed E-state index contributed by atoms with van der Waals surface area (Å²) < 4.78 is 0. The molecule has 0 spiro atoms. The number of ketones is 4. The van der Waals surface area contributed by atoms with Gasteiger partial charge in [-0.15, -0.1) is 11.2 Å². The molecule has 8 aliphatic rings. The fourth-order valence-corrected chi connectivity index (χ4v) is 15.3. The summed E-state index contributed by atoms with van der Waals surface area (Å²) in [4.78, 5) is 44.7. The molecule has 0 aliphatic heterocycles. The first-order chi connectivity index (χ1) is 32.0. The molecule has 10 rings (SSSR count). The second-order valence-electron chi connectivity index (χ2n) is 23.4. The average Bonchev–Trinajstić information content (AvgIpc) is 3.70. The largest absolute Gasteiger partial charge is 0.872 e. The van der Waals surface area contributed by atoms with Crippen molar-refractivity contribution in [3.8, 4) is 0 Å². The van der Waals surface area contributed by atoms with E-state index in [9.17, 15) is 39.6 Å². The van der Waals surface area contributed by atoms with Gasteiger partial charge in [-0.3, -0.25) is 19.2 Å². The SMILES string of the molecule is CC(=O)/C=C(\[O-])c1ccccc1.CC(=O)/C=C(\[O-])c1ccccc1.C[C@]12CCC(=O)C=C1CC[C@@H]1C2CC[C@@]2(C)C1CC[C@]2(C)[O-].C[C@]12CCC(=O)C=C1CC[C@@H]1C2CC[C@@]2(C)C1CC[C@]2(C)[O-].[Ti]. The van der Waals surface area contributed by atoms with Crippen molar-refractivity contribution in [2.45, 2.75) is 169 Å². The van der Waals surface area contributed by atoms with Crippen molar-refractivity contribution < 1.29 is 61.3 Å². The first kappa shape index (κ1) is 54.6. The Balaban J connectivity index is 0.000000157. The van der Waals surface area contributed by atoms with Crippen molar-refractivity contribution >= 4 is 34.7 Å². The van der Waals surface area contributed by atoms with Crippen molar-refractivity contribution in [1.29, 1.82) is 0 Å². The molecule has 8 aliphatic carbocycles. The summed E-state index contributed by atoms with van der Waals surface area (Å²) in [7, 11) is 0. The van der Waals surface area contributed by atoms with Gasteiger partial charge in [-0.05, 0) is 171 Å². The number of benzene rings is 2. The van der Waals surface area contributed by atoms with Gasteiger partial charge in [0.2, 0.25) is 0 Å². The van der Waals surface area contributed by atoms with E-state index in [2.05, 4.69) is 27.7 Å². The molecule has 0 heterocycles. The van der Waals surface area contributed by atoms with Gasteiger partial charge >= 0.3 is 0 Å². The Morgan fingerprint density at radius 3 is 1.16 bits per heavy atom. The smallest absolute Gasteiger partial charge is 0.155 e. The molecule has 2 aromatic carbocycles. The topological polar surface area (TPSA) is 161 Å². The molecule has 0 amide bonds. The van der Waals surface area contributed by atoms with Gasteiger partial charge < -0.3 is 20.4 Å². The van der Waals surface area contributed by atoms with Crippen LogP contribution in [-0.4, -0.2) is 34.3 Å². The van der Waals surface area contributed by atoms with E-state index in [1.54, 1.807) is 48.5 Å². The van der Waals surface area contributed by atoms with Crippen molar-refractivity contribution in [3.63, 3.8) is 0 Å². The fraction of sp³-hybridized carbons (Fsp3) is 0.600. The van der Waals surface area contributed by atoms with Crippen LogP contribution in [0.1, 0.15) is 169 Å². The van der Waals surface area contributed by atoms with E-state index in [-0.39, 0.29) is 66.5 Å². The Bertz CT molecular complexity index is 2180. The van der Waals surface area contributed by atoms with Crippen molar-refractivity contribution in [2.75, 3.05) is 0 Å². The molecular weight excluding hydrogens is 897 g/mol. The van der Waals surface area contributed by atoms with Crippen LogP contribution in [0.15, 0.2) is 96.1 Å². The number of hydrogen-bond acceptors (Lipinski definition) is 8. The molecule has 0 saturated heterocycles. The van der Waals surface area contributed by atoms with Crippen LogP contribution in [0.2, 0.25) is 0 Å². The maximum absolute atomic E-state index is 13.0. The fourth-order valence-electron chi connectivity index (χ4n) is 15.3. The molecule has 6 saturated carbocycles. The Labute approximate surface area is 427 Å². The van der Waals surface area contributed by atoms with Crippen molar-refractivity contribution in [2.24, 2.45) is 57.2 Å². The van der Waals surface area contributed by atoms with E-state index < -0.39 is 11.2 Å². The summed E-state index contributed by atoms with van der Waals surface area (Å²) in [5.41, 5.74) is 2.95. The molecule has 0 aromatic heterocycles. The third kappa shape index (κ3) is 10.8. The van der Waals surface area contributed by atoms with Crippen molar-refractivity contribution in [1.82, 2.24) is 0 Å². The second-order valence-corrected chi connectivity index (χ2v) is 23.4. The van der Waals surface area contributed by atoms with Gasteiger partial charge in [0.25, 0.3) is 0 Å². The number of rotatable bonds is 4. The van der Waals surface area contributed by atoms with Gasteiger partial charge in [0.15, 0.2) is 23.1 Å². The van der Waals surface area contributed by atoms with Crippen LogP contribution >= 0.6 is 0 Å². The second kappa shape index (κ2) is 21.2. The summed E-state index contributed by atoms with van der Waals surface area (Å²) in [5, 5.41) is 48.4. The quantitative estimate of drug-likeness (QED) is 0.167. The molecule has 12 atom stereocenters. The predicted molar refractivity (Wildman–Crippen MR) is 260 cm³/mol. The van der Waals surface area contributed by atoms with Gasteiger partial charge in [0, 0.05) is 34.6 Å². The molecule has 6 fully saturated rings. The third-order valence-electron chi connectivity index (χ3n) is 19.8. The number of fused-ring (bicyclic) bond motifs is 10. The van der Waals surface area contributed by atoms with Crippen LogP contribution in [0.4, 0.5) is 0 Å². The Hall–Kier alpha value is -3.69. The summed E-state index contributed by atoms with van der Waals surface area (Å²) in [6.45, 7) is 16.0. The van der Waals surface area contributed by atoms with E-state index in [0.29, 0.717) is 58.2 Å². The summed E-state index contributed by atoms with van der Waals surface area (Å²) >= 11 is 0. The van der Waals surface area contributed by atoms with Crippen LogP contribution in [0.5, 0.6) is 0 Å². The molecule has 0 radical (unpaired) electrons. The normalized spacial score (nSPS) is 38.5. The Morgan fingerprint density at radius 2 is 0.826 bits per heavy atom. The molecule has 69 heavy (non-hydrogen) atoms. The van der Waals surface area contributed by atoms with Crippen LogP contribution in [0, 0.1) is 57.2 Å². The number of carbonyl (C=O) groups is 4. The minimum absolute atomic E-state index is 0. The molecular formula is C60H76O8Ti-4. The van der Waals surface area contributed by atoms with Crippen LogP contribution in [0.25, 0.3) is 11.5 Å². The van der Waals surface area contributed by atoms with E-state index >= 15 is 0 Å². The number of carbonyl (C=O) groups excluding carboxylic acids is 4. The molecule has 372 valence electrons. The van der Waals surface area contributed by atoms with Gasteiger partial charge in [0.05, 0.1) is 0 Å². The van der Waals surface area contributed by atoms with E-state index in [1.807, 2.05) is 38.1 Å². The molecule has 0 bridgehead atoms. The maximum Gasteiger partial charge on any atom is 0.155 e. The van der Waals surface area contributed by atoms with E-state index in [4.69, 9.17) is 0 Å². The molecule has 2 aromatic rings. The zero-order valence-electron chi connectivity index (χ0n) is 42.6.